The third-order valence-electron chi connectivity index (χ3n) is 6.26. The van der Waals surface area contributed by atoms with Gasteiger partial charge in [-0.3, -0.25) is 9.59 Å². The molecule has 0 aliphatic carbocycles. The average molecular weight is 455 g/mol. The van der Waals surface area contributed by atoms with Crippen LogP contribution < -0.4 is 0 Å². The van der Waals surface area contributed by atoms with Crippen LogP contribution in [0.15, 0.2) is 0 Å². The Morgan fingerprint density at radius 1 is 0.594 bits per heavy atom. The molecule has 1 unspecified atom stereocenters. The van der Waals surface area contributed by atoms with Crippen LogP contribution in [0.2, 0.25) is 0 Å². The molecule has 32 heavy (non-hydrogen) atoms. The predicted octanol–water partition coefficient (Wildman–Crippen LogP) is 8.41. The molecule has 0 amide bonds. The normalized spacial score (nSPS) is 12.2. The highest BCUT2D eigenvalue weighted by Gasteiger charge is 2.23. The summed E-state index contributed by atoms with van der Waals surface area (Å²) in [5, 5.41) is 0. The fourth-order valence-electron chi connectivity index (χ4n) is 4.01. The van der Waals surface area contributed by atoms with Crippen molar-refractivity contribution < 1.29 is 19.1 Å². The van der Waals surface area contributed by atoms with E-state index < -0.39 is 0 Å². The first-order valence-electron chi connectivity index (χ1n) is 13.8. The van der Waals surface area contributed by atoms with Crippen molar-refractivity contribution in [1.29, 1.82) is 0 Å². The van der Waals surface area contributed by atoms with Crippen molar-refractivity contribution in [3.05, 3.63) is 0 Å². The third kappa shape index (κ3) is 19.6. The molecule has 0 bridgehead atoms. The Balaban J connectivity index is 3.59. The van der Waals surface area contributed by atoms with Gasteiger partial charge < -0.3 is 9.47 Å². The first-order chi connectivity index (χ1) is 15.5. The quantitative estimate of drug-likeness (QED) is 0.115. The second-order valence-corrected chi connectivity index (χ2v) is 9.73. The highest BCUT2D eigenvalue weighted by Crippen LogP contribution is 2.21. The lowest BCUT2D eigenvalue weighted by molar-refractivity contribution is -0.150. The lowest BCUT2D eigenvalue weighted by atomic mass is 9.90. The van der Waals surface area contributed by atoms with E-state index in [1.54, 1.807) is 0 Å². The van der Waals surface area contributed by atoms with Crippen LogP contribution in [-0.2, 0) is 19.1 Å². The summed E-state index contributed by atoms with van der Waals surface area (Å²) in [6.07, 6.45) is 20.0. The second kappa shape index (κ2) is 23.1. The summed E-state index contributed by atoms with van der Waals surface area (Å²) >= 11 is 0. The van der Waals surface area contributed by atoms with Gasteiger partial charge in [0, 0.05) is 6.42 Å². The van der Waals surface area contributed by atoms with E-state index in [4.69, 9.17) is 9.47 Å². The minimum absolute atomic E-state index is 0.0102. The Labute approximate surface area is 199 Å². The number of hydrogen-bond donors (Lipinski definition) is 0. The van der Waals surface area contributed by atoms with Crippen LogP contribution in [0.1, 0.15) is 143 Å². The zero-order chi connectivity index (χ0) is 23.9. The largest absolute Gasteiger partial charge is 0.466 e. The van der Waals surface area contributed by atoms with Crippen molar-refractivity contribution in [3.8, 4) is 0 Å². The van der Waals surface area contributed by atoms with Crippen LogP contribution in [-0.4, -0.2) is 25.2 Å². The Hall–Kier alpha value is -1.06. The lowest BCUT2D eigenvalue weighted by Gasteiger charge is -2.19. The van der Waals surface area contributed by atoms with E-state index in [2.05, 4.69) is 27.7 Å². The standard InChI is InChI=1S/C28H54O4/c1-5-7-9-19-23-31-27(29)22-18-16-14-12-11-13-15-17-21-26(25(3)4)28(30)32-24-20-10-8-6-2/h25-26H,5-24H2,1-4H3. The molecular weight excluding hydrogens is 400 g/mol. The van der Waals surface area contributed by atoms with Crippen LogP contribution in [0.5, 0.6) is 0 Å². The molecule has 0 aromatic rings. The van der Waals surface area contributed by atoms with Crippen molar-refractivity contribution in [2.75, 3.05) is 13.2 Å². The van der Waals surface area contributed by atoms with Gasteiger partial charge in [0.25, 0.3) is 0 Å². The highest BCUT2D eigenvalue weighted by molar-refractivity contribution is 5.72. The number of ether oxygens (including phenoxy) is 2. The highest BCUT2D eigenvalue weighted by atomic mass is 16.5. The zero-order valence-corrected chi connectivity index (χ0v) is 21.9. The van der Waals surface area contributed by atoms with E-state index in [-0.39, 0.29) is 17.9 Å². The molecule has 0 spiro atoms. The van der Waals surface area contributed by atoms with Crippen LogP contribution in [0.3, 0.4) is 0 Å². The number of rotatable bonds is 23. The predicted molar refractivity (Wildman–Crippen MR) is 135 cm³/mol. The molecule has 0 rings (SSSR count). The van der Waals surface area contributed by atoms with Gasteiger partial charge in [-0.2, -0.15) is 0 Å². The van der Waals surface area contributed by atoms with E-state index in [1.165, 1.54) is 57.8 Å². The maximum atomic E-state index is 12.4. The number of esters is 2. The maximum absolute atomic E-state index is 12.4. The smallest absolute Gasteiger partial charge is 0.309 e. The van der Waals surface area contributed by atoms with E-state index in [1.807, 2.05) is 0 Å². The second-order valence-electron chi connectivity index (χ2n) is 9.73. The third-order valence-corrected chi connectivity index (χ3v) is 6.26. The molecule has 0 N–H and O–H groups in total. The molecule has 0 aliphatic rings. The molecule has 0 aliphatic heterocycles. The summed E-state index contributed by atoms with van der Waals surface area (Å²) in [6.45, 7) is 9.81. The number of unbranched alkanes of at least 4 members (excludes halogenated alkanes) is 13. The fourth-order valence-corrected chi connectivity index (χ4v) is 4.01. The Morgan fingerprint density at radius 3 is 1.59 bits per heavy atom. The molecule has 190 valence electrons. The van der Waals surface area contributed by atoms with Crippen LogP contribution in [0, 0.1) is 11.8 Å². The summed E-state index contributed by atoms with van der Waals surface area (Å²) in [7, 11) is 0. The van der Waals surface area contributed by atoms with Crippen molar-refractivity contribution in [2.24, 2.45) is 11.8 Å². The van der Waals surface area contributed by atoms with Gasteiger partial charge in [-0.1, -0.05) is 111 Å². The zero-order valence-electron chi connectivity index (χ0n) is 21.9. The number of carbonyl (C=O) groups excluding carboxylic acids is 2. The molecule has 0 saturated heterocycles. The molecule has 0 aromatic heterocycles. The van der Waals surface area contributed by atoms with Crippen molar-refractivity contribution in [3.63, 3.8) is 0 Å². The van der Waals surface area contributed by atoms with E-state index in [0.717, 1.165) is 51.4 Å². The molecule has 0 saturated carbocycles. The molecule has 4 nitrogen and oxygen atoms in total. The average Bonchev–Trinajstić information content (AvgIpc) is 2.76. The van der Waals surface area contributed by atoms with Crippen molar-refractivity contribution in [1.82, 2.24) is 0 Å². The molecule has 0 radical (unpaired) electrons. The van der Waals surface area contributed by atoms with Gasteiger partial charge in [-0.15, -0.1) is 0 Å². The van der Waals surface area contributed by atoms with Gasteiger partial charge >= 0.3 is 11.9 Å². The first kappa shape index (κ1) is 30.9. The molecule has 1 atom stereocenters. The summed E-state index contributed by atoms with van der Waals surface area (Å²) in [5.41, 5.74) is 0. The van der Waals surface area contributed by atoms with Crippen molar-refractivity contribution in [2.45, 2.75) is 143 Å². The van der Waals surface area contributed by atoms with E-state index in [0.29, 0.717) is 25.6 Å². The molecule has 0 fully saturated rings. The lowest BCUT2D eigenvalue weighted by Crippen LogP contribution is -2.23. The Kier molecular flexibility index (Phi) is 22.3. The van der Waals surface area contributed by atoms with Crippen molar-refractivity contribution >= 4 is 11.9 Å². The Morgan fingerprint density at radius 2 is 1.06 bits per heavy atom. The van der Waals surface area contributed by atoms with Gasteiger partial charge in [0.15, 0.2) is 0 Å². The van der Waals surface area contributed by atoms with E-state index >= 15 is 0 Å². The molecule has 0 aromatic carbocycles. The van der Waals surface area contributed by atoms with Gasteiger partial charge in [-0.25, -0.2) is 0 Å². The maximum Gasteiger partial charge on any atom is 0.309 e. The number of hydrogen-bond acceptors (Lipinski definition) is 4. The topological polar surface area (TPSA) is 52.6 Å². The number of carbonyl (C=O) groups is 2. The fraction of sp³-hybridized carbons (Fsp3) is 0.929. The summed E-state index contributed by atoms with van der Waals surface area (Å²) in [4.78, 5) is 24.1. The molecule has 4 heteroatoms. The van der Waals surface area contributed by atoms with Gasteiger partial charge in [0.2, 0.25) is 0 Å². The van der Waals surface area contributed by atoms with Crippen LogP contribution >= 0.6 is 0 Å². The van der Waals surface area contributed by atoms with Crippen LogP contribution in [0.25, 0.3) is 0 Å². The SMILES string of the molecule is CCCCCCOC(=O)CCCCCCCCCCC(C(=O)OCCCCCC)C(C)C. The van der Waals surface area contributed by atoms with Gasteiger partial charge in [0.05, 0.1) is 19.1 Å². The van der Waals surface area contributed by atoms with Crippen LogP contribution in [0.4, 0.5) is 0 Å². The van der Waals surface area contributed by atoms with Gasteiger partial charge in [-0.05, 0) is 31.6 Å². The first-order valence-corrected chi connectivity index (χ1v) is 13.8. The monoisotopic (exact) mass is 454 g/mol. The van der Waals surface area contributed by atoms with E-state index in [9.17, 15) is 9.59 Å². The Bertz CT molecular complexity index is 433. The minimum Gasteiger partial charge on any atom is -0.466 e. The minimum atomic E-state index is -0.0271. The summed E-state index contributed by atoms with van der Waals surface area (Å²) in [6, 6.07) is 0. The summed E-state index contributed by atoms with van der Waals surface area (Å²) < 4.78 is 10.8. The molecular formula is C28H54O4. The summed E-state index contributed by atoms with van der Waals surface area (Å²) in [5.74, 6) is 0.380. The molecule has 0 heterocycles. The van der Waals surface area contributed by atoms with Gasteiger partial charge in [0.1, 0.15) is 0 Å².